The molecule has 2 unspecified atom stereocenters. The molecule has 0 aromatic rings. The van der Waals surface area contributed by atoms with E-state index < -0.39 is 26.5 Å². The van der Waals surface area contributed by atoms with E-state index in [1.807, 2.05) is 21.1 Å². The van der Waals surface area contributed by atoms with Gasteiger partial charge in [-0.2, -0.15) is 0 Å². The number of nitrogens with zero attached hydrogens (tertiary/aromatic N) is 1. The first-order valence-corrected chi connectivity index (χ1v) is 41.0. The molecule has 2 atom stereocenters. The van der Waals surface area contributed by atoms with Crippen molar-refractivity contribution in [3.63, 3.8) is 0 Å². The summed E-state index contributed by atoms with van der Waals surface area (Å²) in [5.41, 5.74) is 0. The average molecular weight is 1360 g/mol. The van der Waals surface area contributed by atoms with Crippen LogP contribution in [-0.2, 0) is 32.7 Å². The van der Waals surface area contributed by atoms with Crippen LogP contribution in [0.15, 0.2) is 146 Å². The molecule has 9 nitrogen and oxygen atoms in total. The fraction of sp³-hybridized carbons (Fsp3) is 0.698. The van der Waals surface area contributed by atoms with Crippen LogP contribution in [-0.4, -0.2) is 70.0 Å². The molecule has 550 valence electrons. The van der Waals surface area contributed by atoms with Gasteiger partial charge in [0.2, 0.25) is 0 Å². The summed E-state index contributed by atoms with van der Waals surface area (Å²) in [4.78, 5) is 38.2. The van der Waals surface area contributed by atoms with E-state index in [9.17, 15) is 19.0 Å². The van der Waals surface area contributed by atoms with Crippen molar-refractivity contribution < 1.29 is 42.1 Å². The molecule has 0 aliphatic carbocycles. The van der Waals surface area contributed by atoms with Gasteiger partial charge in [0.25, 0.3) is 7.82 Å². The predicted molar refractivity (Wildman–Crippen MR) is 415 cm³/mol. The Morgan fingerprint density at radius 3 is 0.885 bits per heavy atom. The Bertz CT molecular complexity index is 2140. The lowest BCUT2D eigenvalue weighted by Gasteiger charge is -2.28. The zero-order valence-electron chi connectivity index (χ0n) is 62.8. The van der Waals surface area contributed by atoms with Gasteiger partial charge < -0.3 is 27.9 Å². The molecule has 0 saturated heterocycles. The number of phosphoric ester groups is 1. The number of esters is 2. The molecule has 0 aromatic carbocycles. The zero-order chi connectivity index (χ0) is 69.7. The van der Waals surface area contributed by atoms with Crippen LogP contribution in [0.4, 0.5) is 0 Å². The number of carbonyl (C=O) groups excluding carboxylic acids is 2. The first kappa shape index (κ1) is 91.9. The first-order chi connectivity index (χ1) is 47.0. The molecule has 0 amide bonds. The van der Waals surface area contributed by atoms with Gasteiger partial charge in [-0.3, -0.25) is 14.2 Å². The largest absolute Gasteiger partial charge is 0.756 e. The summed E-state index contributed by atoms with van der Waals surface area (Å²) in [6, 6.07) is 0. The lowest BCUT2D eigenvalue weighted by atomic mass is 10.0. The molecule has 96 heavy (non-hydrogen) atoms. The van der Waals surface area contributed by atoms with E-state index in [1.165, 1.54) is 180 Å². The van der Waals surface area contributed by atoms with Gasteiger partial charge in [-0.1, -0.05) is 346 Å². The Labute approximate surface area is 593 Å². The van der Waals surface area contributed by atoms with Crippen molar-refractivity contribution in [1.29, 1.82) is 0 Å². The number of quaternary nitrogens is 1. The van der Waals surface area contributed by atoms with Gasteiger partial charge in [0.05, 0.1) is 27.7 Å². The normalized spacial score (nSPS) is 13.9. The smallest absolute Gasteiger partial charge is 0.306 e. The third-order valence-electron chi connectivity index (χ3n) is 16.8. The third kappa shape index (κ3) is 78.9. The maximum Gasteiger partial charge on any atom is 0.306 e. The van der Waals surface area contributed by atoms with Crippen LogP contribution in [0.3, 0.4) is 0 Å². The number of carbonyl (C=O) groups is 2. The molecule has 0 saturated carbocycles. The van der Waals surface area contributed by atoms with Crippen LogP contribution in [0, 0.1) is 0 Å². The van der Waals surface area contributed by atoms with Gasteiger partial charge >= 0.3 is 11.9 Å². The van der Waals surface area contributed by atoms with Gasteiger partial charge in [0.15, 0.2) is 6.10 Å². The molecule has 0 heterocycles. The number of hydrogen-bond acceptors (Lipinski definition) is 8. The Hall–Kier alpha value is -4.11. The number of likely N-dealkylation sites (N-methyl/N-ethyl adjacent to an activating group) is 1. The molecule has 0 bridgehead atoms. The van der Waals surface area contributed by atoms with Crippen molar-refractivity contribution in [3.8, 4) is 0 Å². The number of allylic oxidation sites excluding steroid dienone is 24. The molecule has 0 N–H and O–H groups in total. The van der Waals surface area contributed by atoms with Crippen LogP contribution in [0.25, 0.3) is 0 Å². The molecule has 0 radical (unpaired) electrons. The number of rotatable bonds is 72. The van der Waals surface area contributed by atoms with E-state index in [1.54, 1.807) is 0 Å². The highest BCUT2D eigenvalue weighted by Gasteiger charge is 2.22. The topological polar surface area (TPSA) is 111 Å². The summed E-state index contributed by atoms with van der Waals surface area (Å²) in [5.74, 6) is -0.843. The van der Waals surface area contributed by atoms with Crippen molar-refractivity contribution in [1.82, 2.24) is 0 Å². The Morgan fingerprint density at radius 1 is 0.333 bits per heavy atom. The highest BCUT2D eigenvalue weighted by atomic mass is 31.2. The van der Waals surface area contributed by atoms with E-state index in [2.05, 4.69) is 160 Å². The number of hydrogen-bond donors (Lipinski definition) is 0. The minimum absolute atomic E-state index is 0.0387. The minimum atomic E-state index is -4.66. The molecule has 10 heteroatoms. The summed E-state index contributed by atoms with van der Waals surface area (Å²) < 4.78 is 34.4. The second-order valence-corrected chi connectivity index (χ2v) is 28.8. The standard InChI is InChI=1S/C86H148NO8P/c1-6-8-10-12-14-16-18-20-22-24-26-28-30-32-34-36-38-40-42-43-45-46-48-50-52-54-56-58-60-62-64-66-68-70-72-74-76-78-85(88)92-82-84(83-94-96(90,91)93-81-80-87(3,4)5)95-86(89)79-77-75-73-71-69-67-65-63-61-59-57-55-53-51-49-47-44-41-39-37-35-33-31-29-27-25-23-21-19-17-15-13-11-9-7-2/h9,11,15,17-18,20-21,23-24,26-27,29-30,32-33,35,39,41,47,49,53,55,59,61,84H,6-8,10,12-14,16,19,22,25,28,31,34,36-38,40,42-46,48,50-52,54,56-58,60,62-83H2,1-5H3/b11-9-,17-15-,20-18-,23-21-,26-24-,29-27-,32-30-,35-33-,41-39-,49-47-,55-53-,61-59-. The van der Waals surface area contributed by atoms with E-state index in [-0.39, 0.29) is 32.0 Å². The quantitative estimate of drug-likeness (QED) is 0.0195. The van der Waals surface area contributed by atoms with Crippen molar-refractivity contribution in [2.75, 3.05) is 47.5 Å². The maximum absolute atomic E-state index is 12.9. The van der Waals surface area contributed by atoms with Crippen LogP contribution in [0.1, 0.15) is 335 Å². The van der Waals surface area contributed by atoms with Gasteiger partial charge in [-0.05, 0) is 122 Å². The number of phosphoric acid groups is 1. The molecular weight excluding hydrogens is 1210 g/mol. The summed E-state index contributed by atoms with van der Waals surface area (Å²) >= 11 is 0. The Kier molecular flexibility index (Phi) is 71.9. The van der Waals surface area contributed by atoms with E-state index in [0.29, 0.717) is 17.4 Å². The molecule has 0 aliphatic rings. The SMILES string of the molecule is CC/C=C\C/C=C\C/C=C\C/C=C\C/C=C\C/C=C\C/C=C\C/C=C\C/C=C\CCCCCCCCCC(=O)OC(COC(=O)CCCCCCCCCCCCCCCCCCCCCCCC/C=C\C/C=C\C/C=C\CCCCCCC)COP(=O)([O-])OCC[N+](C)(C)C. The highest BCUT2D eigenvalue weighted by molar-refractivity contribution is 7.45. The summed E-state index contributed by atoms with van der Waals surface area (Å²) in [7, 11) is 1.15. The molecular formula is C86H148NO8P. The van der Waals surface area contributed by atoms with E-state index in [4.69, 9.17) is 18.5 Å². The van der Waals surface area contributed by atoms with Gasteiger partial charge in [0, 0.05) is 12.8 Å². The zero-order valence-corrected chi connectivity index (χ0v) is 63.7. The predicted octanol–water partition coefficient (Wildman–Crippen LogP) is 25.9. The maximum atomic E-state index is 12.9. The summed E-state index contributed by atoms with van der Waals surface area (Å²) in [6.07, 6.45) is 111. The van der Waals surface area contributed by atoms with Crippen molar-refractivity contribution in [2.45, 2.75) is 341 Å². The van der Waals surface area contributed by atoms with E-state index >= 15 is 0 Å². The lowest BCUT2D eigenvalue weighted by Crippen LogP contribution is -2.37. The van der Waals surface area contributed by atoms with Crippen molar-refractivity contribution in [2.24, 2.45) is 0 Å². The van der Waals surface area contributed by atoms with Crippen LogP contribution in [0.5, 0.6) is 0 Å². The monoisotopic (exact) mass is 1350 g/mol. The van der Waals surface area contributed by atoms with Crippen molar-refractivity contribution >= 4 is 19.8 Å². The van der Waals surface area contributed by atoms with Gasteiger partial charge in [0.1, 0.15) is 19.8 Å². The molecule has 0 spiro atoms. The number of ether oxygens (including phenoxy) is 2. The van der Waals surface area contributed by atoms with Crippen LogP contribution >= 0.6 is 7.82 Å². The van der Waals surface area contributed by atoms with Crippen LogP contribution < -0.4 is 4.89 Å². The fourth-order valence-corrected chi connectivity index (χ4v) is 11.6. The lowest BCUT2D eigenvalue weighted by molar-refractivity contribution is -0.870. The van der Waals surface area contributed by atoms with Crippen LogP contribution in [0.2, 0.25) is 0 Å². The van der Waals surface area contributed by atoms with Gasteiger partial charge in [-0.15, -0.1) is 0 Å². The first-order valence-electron chi connectivity index (χ1n) is 39.5. The second-order valence-electron chi connectivity index (χ2n) is 27.3. The summed E-state index contributed by atoms with van der Waals surface area (Å²) in [5, 5.41) is 0. The fourth-order valence-electron chi connectivity index (χ4n) is 10.8. The second kappa shape index (κ2) is 75.1. The number of unbranched alkanes of at least 4 members (excludes halogenated alkanes) is 34. The Morgan fingerprint density at radius 2 is 0.594 bits per heavy atom. The molecule has 0 aliphatic heterocycles. The molecule has 0 fully saturated rings. The third-order valence-corrected chi connectivity index (χ3v) is 17.8. The highest BCUT2D eigenvalue weighted by Crippen LogP contribution is 2.38. The Balaban J connectivity index is 4.03. The van der Waals surface area contributed by atoms with Gasteiger partial charge in [-0.25, -0.2) is 0 Å². The average Bonchev–Trinajstić information content (AvgIpc) is 2.74. The molecule has 0 rings (SSSR count). The van der Waals surface area contributed by atoms with E-state index in [0.717, 1.165) is 122 Å². The van der Waals surface area contributed by atoms with Crippen molar-refractivity contribution in [3.05, 3.63) is 146 Å². The molecule has 0 aromatic heterocycles. The summed E-state index contributed by atoms with van der Waals surface area (Å²) in [6.45, 7) is 4.12. The minimum Gasteiger partial charge on any atom is -0.756 e.